The number of esters is 2. The normalized spacial score (nSPS) is 4.48. The predicted octanol–water partition coefficient (Wildman–Crippen LogP) is 0.551. The Morgan fingerprint density at radius 1 is 0.880 bits per heavy atom. The van der Waals surface area contributed by atoms with E-state index in [1.165, 1.54) is 34.0 Å². The second kappa shape index (κ2) is 156. The zero-order valence-electron chi connectivity index (χ0n) is 16.0. The Balaban J connectivity index is -0.0000000173. The Kier molecular flexibility index (Phi) is 355. The van der Waals surface area contributed by atoms with Crippen LogP contribution in [0, 0.1) is 0 Å². The minimum Gasteiger partial charge on any atom is -0.483 e. The molecule has 25 heavy (non-hydrogen) atoms. The highest BCUT2D eigenvalue weighted by atomic mass is 16.5. The Hall–Kier alpha value is -2.26. The minimum absolute atomic E-state index is 0. The van der Waals surface area contributed by atoms with Crippen LogP contribution in [-0.4, -0.2) is 80.3 Å². The predicted molar refractivity (Wildman–Crippen MR) is 97.9 cm³/mol. The Labute approximate surface area is 151 Å². The van der Waals surface area contributed by atoms with Crippen LogP contribution in [0.5, 0.6) is 0 Å². The van der Waals surface area contributed by atoms with Crippen molar-refractivity contribution in [1.82, 2.24) is 0 Å². The van der Waals surface area contributed by atoms with Gasteiger partial charge in [0.2, 0.25) is 0 Å². The SMILES string of the molecule is C.C=C=O.CC.CO.CO.CO.COC(C)=O.COC(C)=O.O=CO. The zero-order valence-corrected chi connectivity index (χ0v) is 16.0. The number of carbonyl (C=O) groups is 3. The molecular weight excluding hydrogens is 340 g/mol. The zero-order chi connectivity index (χ0) is 22.0. The lowest BCUT2D eigenvalue weighted by Gasteiger charge is -1.80. The van der Waals surface area contributed by atoms with Crippen molar-refractivity contribution < 1.29 is 49.1 Å². The van der Waals surface area contributed by atoms with E-state index < -0.39 is 0 Å². The number of rotatable bonds is 0. The van der Waals surface area contributed by atoms with Crippen molar-refractivity contribution in [3.05, 3.63) is 6.58 Å². The number of methoxy groups -OCH3 is 2. The average molecular weight is 378 g/mol. The molecule has 0 aliphatic heterocycles. The summed E-state index contributed by atoms with van der Waals surface area (Å²) in [4.78, 5) is 36.1. The van der Waals surface area contributed by atoms with Crippen molar-refractivity contribution in [3.8, 4) is 0 Å². The van der Waals surface area contributed by atoms with Crippen LogP contribution in [0.2, 0.25) is 0 Å². The lowest BCUT2D eigenvalue weighted by molar-refractivity contribution is -0.138. The van der Waals surface area contributed by atoms with Crippen LogP contribution in [0.4, 0.5) is 0 Å². The van der Waals surface area contributed by atoms with Crippen LogP contribution in [0.1, 0.15) is 35.1 Å². The maximum absolute atomic E-state index is 9.59. The molecule has 4 N–H and O–H groups in total. The van der Waals surface area contributed by atoms with Gasteiger partial charge in [-0.05, 0) is 6.58 Å². The highest BCUT2D eigenvalue weighted by Gasteiger charge is 1.76. The van der Waals surface area contributed by atoms with Crippen molar-refractivity contribution in [3.63, 3.8) is 0 Å². The number of carbonyl (C=O) groups excluding carboxylic acids is 3. The Morgan fingerprint density at radius 3 is 0.920 bits per heavy atom. The molecule has 0 aromatic carbocycles. The van der Waals surface area contributed by atoms with E-state index in [9.17, 15) is 9.59 Å². The van der Waals surface area contributed by atoms with Gasteiger partial charge in [0.15, 0.2) is 0 Å². The molecule has 10 nitrogen and oxygen atoms in total. The van der Waals surface area contributed by atoms with Gasteiger partial charge in [-0.25, -0.2) is 4.79 Å². The number of hydrogen-bond acceptors (Lipinski definition) is 9. The first-order chi connectivity index (χ1) is 11.4. The van der Waals surface area contributed by atoms with E-state index in [-0.39, 0.29) is 25.8 Å². The standard InChI is InChI=1S/2C3H6O2.C2H2O.C2H6.CH2O2.3CH4O.CH4/c2*1-3(4)5-2;1-2-3;1-2;2-1-3;3*1-2;/h2*1-2H3;1H2;1-2H3;1H,(H,2,3);3*2H,1H3;1H4. The fourth-order valence-electron chi connectivity index (χ4n) is 0. The number of hydrogen-bond donors (Lipinski definition) is 4. The summed E-state index contributed by atoms with van der Waals surface area (Å²) in [7, 11) is 5.70. The van der Waals surface area contributed by atoms with E-state index in [4.69, 9.17) is 30.0 Å². The first kappa shape index (κ1) is 56.9. The van der Waals surface area contributed by atoms with E-state index in [2.05, 4.69) is 16.1 Å². The van der Waals surface area contributed by atoms with Crippen molar-refractivity contribution in [2.45, 2.75) is 35.1 Å². The molecule has 0 heterocycles. The molecule has 0 saturated carbocycles. The summed E-state index contributed by atoms with van der Waals surface area (Å²) in [6, 6.07) is 0. The molecule has 0 radical (unpaired) electrons. The smallest absolute Gasteiger partial charge is 0.302 e. The van der Waals surface area contributed by atoms with E-state index >= 15 is 0 Å². The second-order valence-corrected chi connectivity index (χ2v) is 1.64. The summed E-state index contributed by atoms with van der Waals surface area (Å²) in [6.45, 7) is 9.15. The first-order valence-corrected chi connectivity index (χ1v) is 6.03. The topological polar surface area (TPSA) is 168 Å². The third kappa shape index (κ3) is 2800. The fourth-order valence-corrected chi connectivity index (χ4v) is 0. The highest BCUT2D eigenvalue weighted by Crippen LogP contribution is 1.60. The third-order valence-electron chi connectivity index (χ3n) is 0.575. The van der Waals surface area contributed by atoms with Gasteiger partial charge < -0.3 is 29.9 Å². The van der Waals surface area contributed by atoms with Gasteiger partial charge in [-0.15, -0.1) is 0 Å². The van der Waals surface area contributed by atoms with Crippen LogP contribution >= 0.6 is 0 Å². The average Bonchev–Trinajstić information content (AvgIpc) is 2.63. The molecule has 10 heteroatoms. The van der Waals surface area contributed by atoms with Crippen molar-refractivity contribution in [2.75, 3.05) is 35.5 Å². The summed E-state index contributed by atoms with van der Waals surface area (Å²) in [5, 5.41) is 27.9. The Morgan fingerprint density at radius 2 is 0.920 bits per heavy atom. The van der Waals surface area contributed by atoms with Gasteiger partial charge in [-0.2, -0.15) is 0 Å². The molecule has 0 amide bonds. The van der Waals surface area contributed by atoms with E-state index in [0.717, 1.165) is 21.3 Å². The van der Waals surface area contributed by atoms with Crippen molar-refractivity contribution in [2.24, 2.45) is 0 Å². The molecule has 0 spiro atoms. The number of aliphatic hydroxyl groups is 3. The minimum atomic E-state index is -0.250. The van der Waals surface area contributed by atoms with Gasteiger partial charge in [0.25, 0.3) is 6.47 Å². The van der Waals surface area contributed by atoms with Gasteiger partial charge >= 0.3 is 11.9 Å². The second-order valence-electron chi connectivity index (χ2n) is 1.64. The summed E-state index contributed by atoms with van der Waals surface area (Å²) >= 11 is 0. The van der Waals surface area contributed by atoms with E-state index in [1.807, 2.05) is 13.8 Å². The molecule has 0 saturated heterocycles. The molecule has 0 aliphatic rings. The summed E-state index contributed by atoms with van der Waals surface area (Å²) in [6.07, 6.45) is 0. The van der Waals surface area contributed by atoms with Gasteiger partial charge in [0, 0.05) is 35.2 Å². The summed E-state index contributed by atoms with van der Waals surface area (Å²) < 4.78 is 8.22. The molecule has 0 rings (SSSR count). The first-order valence-electron chi connectivity index (χ1n) is 6.03. The molecule has 0 aliphatic carbocycles. The monoisotopic (exact) mass is 378 g/mol. The molecule has 0 aromatic heterocycles. The number of carboxylic acid groups (broad SMARTS) is 1. The van der Waals surface area contributed by atoms with E-state index in [1.54, 1.807) is 0 Å². The summed E-state index contributed by atoms with van der Waals surface area (Å²) in [5.74, 6) is 0.759. The molecular formula is C15H38O10. The molecule has 0 atom stereocenters. The van der Waals surface area contributed by atoms with Crippen molar-refractivity contribution >= 4 is 24.4 Å². The maximum atomic E-state index is 9.59. The maximum Gasteiger partial charge on any atom is 0.302 e. The van der Waals surface area contributed by atoms with Crippen LogP contribution < -0.4 is 0 Å². The van der Waals surface area contributed by atoms with Gasteiger partial charge in [-0.3, -0.25) is 14.4 Å². The van der Waals surface area contributed by atoms with Crippen LogP contribution in [0.3, 0.4) is 0 Å². The van der Waals surface area contributed by atoms with Gasteiger partial charge in [0.1, 0.15) is 5.94 Å². The lowest BCUT2D eigenvalue weighted by atomic mass is 10.8. The van der Waals surface area contributed by atoms with Crippen LogP contribution in [-0.2, 0) is 28.7 Å². The van der Waals surface area contributed by atoms with Crippen LogP contribution in [0.15, 0.2) is 6.58 Å². The summed E-state index contributed by atoms with van der Waals surface area (Å²) in [5.41, 5.74) is 0. The van der Waals surface area contributed by atoms with E-state index in [0.29, 0.717) is 0 Å². The van der Waals surface area contributed by atoms with Crippen molar-refractivity contribution in [1.29, 1.82) is 0 Å². The quantitative estimate of drug-likeness (QED) is 0.265. The Bertz CT molecular complexity index is 198. The van der Waals surface area contributed by atoms with Gasteiger partial charge in [-0.1, -0.05) is 21.3 Å². The third-order valence-corrected chi connectivity index (χ3v) is 0.575. The molecule has 0 aromatic rings. The highest BCUT2D eigenvalue weighted by molar-refractivity contribution is 5.65. The molecule has 158 valence electrons. The fraction of sp³-hybridized carbons (Fsp3) is 0.667. The molecule has 0 fully saturated rings. The van der Waals surface area contributed by atoms with Gasteiger partial charge in [0.05, 0.1) is 14.2 Å². The number of aliphatic hydroxyl groups excluding tert-OH is 3. The molecule has 0 bridgehead atoms. The molecule has 0 unspecified atom stereocenters. The number of ether oxygens (including phenoxy) is 2. The largest absolute Gasteiger partial charge is 0.483 e. The van der Waals surface area contributed by atoms with Crippen LogP contribution in [0.25, 0.3) is 0 Å². The lowest BCUT2D eigenvalue weighted by Crippen LogP contribution is -1.88.